The van der Waals surface area contributed by atoms with Crippen molar-refractivity contribution in [2.24, 2.45) is 0 Å². The molecule has 0 aliphatic carbocycles. The second kappa shape index (κ2) is 8.05. The molecular formula is C21H19FN4O5. The van der Waals surface area contributed by atoms with Crippen molar-refractivity contribution in [1.82, 2.24) is 14.3 Å². The first kappa shape index (κ1) is 20.3. The van der Waals surface area contributed by atoms with Crippen molar-refractivity contribution < 1.29 is 18.7 Å². The molecule has 10 heteroatoms. The minimum Gasteiger partial charge on any atom is -0.492 e. The Morgan fingerprint density at radius 1 is 1.29 bits per heavy atom. The minimum absolute atomic E-state index is 0.148. The van der Waals surface area contributed by atoms with E-state index in [0.717, 1.165) is 9.25 Å². The average Bonchev–Trinajstić information content (AvgIpc) is 3.24. The molecule has 1 aliphatic heterocycles. The van der Waals surface area contributed by atoms with E-state index >= 15 is 0 Å². The lowest BCUT2D eigenvalue weighted by atomic mass is 10.1. The van der Waals surface area contributed by atoms with Crippen molar-refractivity contribution in [3.8, 4) is 17.3 Å². The fourth-order valence-electron chi connectivity index (χ4n) is 3.46. The summed E-state index contributed by atoms with van der Waals surface area (Å²) >= 11 is 0. The Hall–Kier alpha value is -3.95. The monoisotopic (exact) mass is 426 g/mol. The van der Waals surface area contributed by atoms with Crippen LogP contribution in [0.1, 0.15) is 18.1 Å². The fraction of sp³-hybridized carbons (Fsp3) is 0.238. The number of aromatic nitrogens is 3. The van der Waals surface area contributed by atoms with Crippen LogP contribution in [0.2, 0.25) is 0 Å². The zero-order valence-electron chi connectivity index (χ0n) is 16.8. The van der Waals surface area contributed by atoms with E-state index in [2.05, 4.69) is 10.4 Å². The van der Waals surface area contributed by atoms with Gasteiger partial charge in [-0.15, -0.1) is 5.10 Å². The number of hydrogen-bond donors (Lipinski definition) is 1. The number of carbonyl (C=O) groups excluding carboxylic acids is 1. The largest absolute Gasteiger partial charge is 0.492 e. The Bertz CT molecular complexity index is 1300. The summed E-state index contributed by atoms with van der Waals surface area (Å²) in [4.78, 5) is 37.3. The molecule has 0 bridgehead atoms. The van der Waals surface area contributed by atoms with Crippen LogP contribution in [0.5, 0.6) is 11.6 Å². The van der Waals surface area contributed by atoms with Crippen LogP contribution in [-0.4, -0.2) is 34.0 Å². The molecule has 1 aliphatic rings. The Morgan fingerprint density at radius 2 is 2.10 bits per heavy atom. The van der Waals surface area contributed by atoms with Crippen molar-refractivity contribution in [1.29, 1.82) is 0 Å². The number of methoxy groups -OCH3 is 1. The number of nitrogens with zero attached hydrogens (tertiary/aromatic N) is 3. The number of benzene rings is 2. The highest BCUT2D eigenvalue weighted by Gasteiger charge is 2.23. The molecule has 3 aromatic rings. The van der Waals surface area contributed by atoms with Crippen LogP contribution in [0.3, 0.4) is 0 Å². The van der Waals surface area contributed by atoms with Gasteiger partial charge in [-0.25, -0.2) is 13.8 Å². The van der Waals surface area contributed by atoms with Crippen LogP contribution in [0.25, 0.3) is 5.69 Å². The van der Waals surface area contributed by atoms with Crippen molar-refractivity contribution in [3.63, 3.8) is 0 Å². The second-order valence-corrected chi connectivity index (χ2v) is 6.94. The van der Waals surface area contributed by atoms with Gasteiger partial charge < -0.3 is 14.8 Å². The maximum Gasteiger partial charge on any atom is 0.352 e. The van der Waals surface area contributed by atoms with Gasteiger partial charge in [-0.2, -0.15) is 4.68 Å². The van der Waals surface area contributed by atoms with Gasteiger partial charge in [-0.05, 0) is 24.3 Å². The van der Waals surface area contributed by atoms with E-state index in [1.807, 2.05) is 0 Å². The highest BCUT2D eigenvalue weighted by atomic mass is 19.1. The predicted octanol–water partition coefficient (Wildman–Crippen LogP) is 1.48. The smallest absolute Gasteiger partial charge is 0.352 e. The molecule has 1 N–H and O–H groups in total. The Kier molecular flexibility index (Phi) is 5.28. The lowest BCUT2D eigenvalue weighted by Crippen LogP contribution is -2.41. The minimum atomic E-state index is -0.724. The molecule has 1 amide bonds. The van der Waals surface area contributed by atoms with E-state index in [1.54, 1.807) is 24.3 Å². The summed E-state index contributed by atoms with van der Waals surface area (Å²) in [5.41, 5.74) is 0.263. The molecule has 1 aromatic heterocycles. The van der Waals surface area contributed by atoms with Crippen LogP contribution in [-0.2, 0) is 17.8 Å². The number of halogens is 1. The third-order valence-corrected chi connectivity index (χ3v) is 4.85. The lowest BCUT2D eigenvalue weighted by molar-refractivity contribution is -0.114. The zero-order chi connectivity index (χ0) is 22.1. The molecule has 0 radical (unpaired) electrons. The van der Waals surface area contributed by atoms with Gasteiger partial charge in [0.05, 0.1) is 25.9 Å². The fourth-order valence-corrected chi connectivity index (χ4v) is 3.46. The number of carbonyl (C=O) groups is 1. The summed E-state index contributed by atoms with van der Waals surface area (Å²) in [6, 6.07) is 9.22. The van der Waals surface area contributed by atoms with Crippen LogP contribution in [0.4, 0.5) is 10.1 Å². The number of fused-ring (bicyclic) bond motifs is 1. The molecule has 0 fully saturated rings. The number of hydrogen-bond acceptors (Lipinski definition) is 6. The molecule has 0 unspecified atom stereocenters. The van der Waals surface area contributed by atoms with Crippen molar-refractivity contribution in [2.45, 2.75) is 19.9 Å². The van der Waals surface area contributed by atoms with E-state index in [9.17, 15) is 18.8 Å². The third kappa shape index (κ3) is 3.79. The first-order valence-corrected chi connectivity index (χ1v) is 9.48. The first-order chi connectivity index (χ1) is 14.9. The number of ether oxygens (including phenoxy) is 2. The molecular weight excluding hydrogens is 407 g/mol. The highest BCUT2D eigenvalue weighted by Crippen LogP contribution is 2.32. The lowest BCUT2D eigenvalue weighted by Gasteiger charge is -2.14. The topological polar surface area (TPSA) is 104 Å². The summed E-state index contributed by atoms with van der Waals surface area (Å²) < 4.78 is 26.6. The first-order valence-electron chi connectivity index (χ1n) is 9.48. The summed E-state index contributed by atoms with van der Waals surface area (Å²) in [5, 5.41) is 6.64. The van der Waals surface area contributed by atoms with E-state index in [1.165, 1.54) is 26.2 Å². The Balaban J connectivity index is 1.84. The number of rotatable bonds is 5. The quantitative estimate of drug-likeness (QED) is 0.663. The van der Waals surface area contributed by atoms with Gasteiger partial charge in [0.2, 0.25) is 5.91 Å². The SMILES string of the molecule is COc1nn(-c2cccc(NC(C)=O)c2)c(=O)n(Cc2ccc(F)c3c2OCC3)c1=O. The van der Waals surface area contributed by atoms with E-state index < -0.39 is 11.2 Å². The van der Waals surface area contributed by atoms with Crippen LogP contribution in [0.15, 0.2) is 46.0 Å². The normalized spacial score (nSPS) is 12.2. The number of anilines is 1. The van der Waals surface area contributed by atoms with E-state index in [0.29, 0.717) is 41.3 Å². The van der Waals surface area contributed by atoms with Gasteiger partial charge in [-0.1, -0.05) is 12.1 Å². The molecule has 2 aromatic carbocycles. The molecule has 0 saturated carbocycles. The summed E-state index contributed by atoms with van der Waals surface area (Å²) in [6.07, 6.45) is 0.420. The van der Waals surface area contributed by atoms with Gasteiger partial charge in [-0.3, -0.25) is 9.59 Å². The maximum absolute atomic E-state index is 14.0. The van der Waals surface area contributed by atoms with Crippen molar-refractivity contribution in [3.05, 3.63) is 74.2 Å². The molecule has 0 atom stereocenters. The van der Waals surface area contributed by atoms with E-state index in [4.69, 9.17) is 9.47 Å². The zero-order valence-corrected chi connectivity index (χ0v) is 16.8. The van der Waals surface area contributed by atoms with Crippen molar-refractivity contribution >= 4 is 11.6 Å². The van der Waals surface area contributed by atoms with E-state index in [-0.39, 0.29) is 24.1 Å². The molecule has 0 spiro atoms. The Morgan fingerprint density at radius 3 is 2.84 bits per heavy atom. The summed E-state index contributed by atoms with van der Waals surface area (Å²) in [7, 11) is 1.27. The van der Waals surface area contributed by atoms with Gasteiger partial charge in [0.1, 0.15) is 11.6 Å². The van der Waals surface area contributed by atoms with Crippen LogP contribution >= 0.6 is 0 Å². The molecule has 0 saturated heterocycles. The summed E-state index contributed by atoms with van der Waals surface area (Å²) in [6.45, 7) is 1.55. The van der Waals surface area contributed by atoms with Gasteiger partial charge in [0.15, 0.2) is 0 Å². The highest BCUT2D eigenvalue weighted by molar-refractivity contribution is 5.88. The number of nitrogens with one attached hydrogen (secondary N) is 1. The molecule has 4 rings (SSSR count). The van der Waals surface area contributed by atoms with Gasteiger partial charge in [0, 0.05) is 30.2 Å². The second-order valence-electron chi connectivity index (χ2n) is 6.94. The molecule has 2 heterocycles. The predicted molar refractivity (Wildman–Crippen MR) is 110 cm³/mol. The third-order valence-electron chi connectivity index (χ3n) is 4.85. The maximum atomic E-state index is 14.0. The molecule has 31 heavy (non-hydrogen) atoms. The van der Waals surface area contributed by atoms with Crippen LogP contribution < -0.4 is 26.0 Å². The molecule has 9 nitrogen and oxygen atoms in total. The van der Waals surface area contributed by atoms with Gasteiger partial charge in [0.25, 0.3) is 5.88 Å². The van der Waals surface area contributed by atoms with Gasteiger partial charge >= 0.3 is 11.2 Å². The average molecular weight is 426 g/mol. The molecule has 160 valence electrons. The van der Waals surface area contributed by atoms with Crippen LogP contribution in [0, 0.1) is 5.82 Å². The Labute approximate surface area is 175 Å². The van der Waals surface area contributed by atoms with Crippen molar-refractivity contribution in [2.75, 3.05) is 19.0 Å². The number of amides is 1. The summed E-state index contributed by atoms with van der Waals surface area (Å²) in [5.74, 6) is -0.598. The standard InChI is InChI=1S/C21H19FN4O5/c1-12(27)23-14-4-3-5-15(10-14)26-21(29)25(20(28)19(24-26)30-2)11-13-6-7-17(22)16-8-9-31-18(13)16/h3-7,10H,8-9,11H2,1-2H3,(H,23,27).